The van der Waals surface area contributed by atoms with E-state index in [0.29, 0.717) is 0 Å². The molecule has 3 aromatic rings. The zero-order chi connectivity index (χ0) is 29.5. The van der Waals surface area contributed by atoms with Gasteiger partial charge < -0.3 is 39.5 Å². The van der Waals surface area contributed by atoms with Gasteiger partial charge in [-0.05, 0) is 19.4 Å². The van der Waals surface area contributed by atoms with Gasteiger partial charge in [0.15, 0.2) is 29.1 Å². The lowest BCUT2D eigenvalue weighted by Gasteiger charge is -2.18. The molecule has 2 aromatic heterocycles. The highest BCUT2D eigenvalue weighted by molar-refractivity contribution is 7.91. The highest BCUT2D eigenvalue weighted by Gasteiger charge is 2.46. The van der Waals surface area contributed by atoms with Crippen LogP contribution < -0.4 is 5.32 Å². The number of imidazole rings is 1. The molecular formula is C21H29N5O11P2S. The number of hydrogen-bond acceptors (Lipinski definition) is 12. The minimum absolute atomic E-state index is 0.0445. The zero-order valence-electron chi connectivity index (χ0n) is 21.2. The summed E-state index contributed by atoms with van der Waals surface area (Å²) in [6.45, 7) is 2.42. The summed E-state index contributed by atoms with van der Waals surface area (Å²) in [5.41, 5.74) is 0.976. The number of hydrogen-bond donors (Lipinski definition) is 6. The monoisotopic (exact) mass is 621 g/mol. The second-order valence-corrected chi connectivity index (χ2v) is 15.8. The van der Waals surface area contributed by atoms with Gasteiger partial charge in [0.1, 0.15) is 18.3 Å². The van der Waals surface area contributed by atoms with Crippen LogP contribution >= 0.6 is 15.2 Å². The predicted molar refractivity (Wildman–Crippen MR) is 140 cm³/mol. The van der Waals surface area contributed by atoms with Gasteiger partial charge in [0.25, 0.3) is 5.16 Å². The van der Waals surface area contributed by atoms with Crippen molar-refractivity contribution in [1.82, 2.24) is 19.5 Å². The molecule has 1 aliphatic rings. The van der Waals surface area contributed by atoms with Crippen molar-refractivity contribution in [3.63, 3.8) is 0 Å². The van der Waals surface area contributed by atoms with Gasteiger partial charge in [-0.1, -0.05) is 30.3 Å². The van der Waals surface area contributed by atoms with Gasteiger partial charge in [0, 0.05) is 6.54 Å². The van der Waals surface area contributed by atoms with Crippen molar-refractivity contribution < 1.29 is 51.7 Å². The third-order valence-electron chi connectivity index (χ3n) is 5.99. The molecular weight excluding hydrogens is 592 g/mol. The largest absolute Gasteiger partial charge is 0.387 e. The van der Waals surface area contributed by atoms with Crippen LogP contribution in [0.2, 0.25) is 0 Å². The average Bonchev–Trinajstić information content (AvgIpc) is 3.41. The lowest BCUT2D eigenvalue weighted by molar-refractivity contribution is -0.0484. The maximum absolute atomic E-state index is 13.0. The van der Waals surface area contributed by atoms with E-state index in [9.17, 15) is 32.7 Å². The molecule has 1 fully saturated rings. The highest BCUT2D eigenvalue weighted by Crippen LogP contribution is 2.55. The Bertz CT molecular complexity index is 1560. The number of benzene rings is 1. The quantitative estimate of drug-likeness (QED) is 0.127. The number of aliphatic hydroxyl groups is 2. The highest BCUT2D eigenvalue weighted by atomic mass is 32.2. The molecule has 0 radical (unpaired) electrons. The molecule has 0 aliphatic carbocycles. The zero-order valence-corrected chi connectivity index (χ0v) is 23.9. The maximum atomic E-state index is 13.0. The Balaban J connectivity index is 1.66. The molecule has 1 saturated heterocycles. The van der Waals surface area contributed by atoms with E-state index in [-0.39, 0.29) is 23.5 Å². The smallest absolute Gasteiger partial charge is 0.340 e. The summed E-state index contributed by atoms with van der Waals surface area (Å²) in [4.78, 5) is 40.3. The standard InChI is InChI=1S/C21H29N5O11P2S/c1-12(2)40(34,35)21-24-18(22-8-13-6-4-3-5-7-13)15-19(25-21)26(10-23-15)20-17(28)16(27)14(37-20)9-36-39(32,33)11-38(29,30)31/h3-7,10,12,14,16-17,20,27-28H,8-9,11H2,1-2H3,(H,32,33)(H,22,24,25)(H2,29,30,31)/t14-,16-,17-,20-/m1/s1. The fourth-order valence-electron chi connectivity index (χ4n) is 3.89. The van der Waals surface area contributed by atoms with Crippen molar-refractivity contribution >= 4 is 42.0 Å². The van der Waals surface area contributed by atoms with E-state index in [1.165, 1.54) is 24.7 Å². The van der Waals surface area contributed by atoms with Gasteiger partial charge >= 0.3 is 15.2 Å². The summed E-state index contributed by atoms with van der Waals surface area (Å²) < 4.78 is 60.6. The number of aromatic nitrogens is 4. The third kappa shape index (κ3) is 6.77. The van der Waals surface area contributed by atoms with Crippen LogP contribution in [0.4, 0.5) is 5.82 Å². The van der Waals surface area contributed by atoms with Crippen LogP contribution in [-0.4, -0.2) is 88.9 Å². The second kappa shape index (κ2) is 11.5. The molecule has 3 heterocycles. The molecule has 0 spiro atoms. The summed E-state index contributed by atoms with van der Waals surface area (Å²) in [6.07, 6.45) is -4.89. The van der Waals surface area contributed by atoms with E-state index in [2.05, 4.69) is 20.3 Å². The van der Waals surface area contributed by atoms with E-state index in [1.54, 1.807) is 0 Å². The number of fused-ring (bicyclic) bond motifs is 1. The van der Waals surface area contributed by atoms with Gasteiger partial charge in [0.05, 0.1) is 18.2 Å². The summed E-state index contributed by atoms with van der Waals surface area (Å²) in [6, 6.07) is 9.22. The van der Waals surface area contributed by atoms with Crippen LogP contribution in [0.3, 0.4) is 0 Å². The summed E-state index contributed by atoms with van der Waals surface area (Å²) in [7, 11) is -13.6. The lowest BCUT2D eigenvalue weighted by Crippen LogP contribution is -2.33. The van der Waals surface area contributed by atoms with Crippen LogP contribution in [0.25, 0.3) is 11.2 Å². The first-order valence-corrected chi connectivity index (χ1v) is 17.0. The van der Waals surface area contributed by atoms with Gasteiger partial charge in [0.2, 0.25) is 9.84 Å². The topological polar surface area (TPSA) is 244 Å². The molecule has 6 N–H and O–H groups in total. The summed E-state index contributed by atoms with van der Waals surface area (Å²) in [5.74, 6) is -1.34. The van der Waals surface area contributed by atoms with E-state index in [4.69, 9.17) is 19.0 Å². The Labute approximate surface area is 228 Å². The van der Waals surface area contributed by atoms with E-state index < -0.39 is 72.5 Å². The molecule has 220 valence electrons. The Morgan fingerprint density at radius 1 is 1.10 bits per heavy atom. The molecule has 0 saturated carbocycles. The van der Waals surface area contributed by atoms with Gasteiger partial charge in [-0.2, -0.15) is 9.97 Å². The second-order valence-electron chi connectivity index (χ2n) is 9.40. The van der Waals surface area contributed by atoms with Gasteiger partial charge in [-0.3, -0.25) is 13.7 Å². The number of nitrogens with one attached hydrogen (secondary N) is 1. The van der Waals surface area contributed by atoms with Crippen LogP contribution in [-0.2, 0) is 34.8 Å². The minimum Gasteiger partial charge on any atom is -0.387 e. The first-order valence-electron chi connectivity index (χ1n) is 11.9. The fraction of sp³-hybridized carbons (Fsp3) is 0.476. The van der Waals surface area contributed by atoms with Crippen molar-refractivity contribution in [3.05, 3.63) is 42.2 Å². The van der Waals surface area contributed by atoms with Crippen molar-refractivity contribution in [2.24, 2.45) is 0 Å². The van der Waals surface area contributed by atoms with Crippen molar-refractivity contribution in [1.29, 1.82) is 0 Å². The van der Waals surface area contributed by atoms with E-state index in [1.807, 2.05) is 30.3 Å². The molecule has 40 heavy (non-hydrogen) atoms. The summed E-state index contributed by atoms with van der Waals surface area (Å²) in [5, 5.41) is 22.9. The molecule has 1 aliphatic heterocycles. The molecule has 5 atom stereocenters. The molecule has 19 heteroatoms. The third-order valence-corrected chi connectivity index (χ3v) is 11.4. The first kappa shape index (κ1) is 30.7. The van der Waals surface area contributed by atoms with E-state index in [0.717, 1.165) is 5.56 Å². The Morgan fingerprint density at radius 2 is 1.77 bits per heavy atom. The van der Waals surface area contributed by atoms with Crippen molar-refractivity contribution in [3.8, 4) is 0 Å². The SMILES string of the molecule is CC(C)S(=O)(=O)c1nc(NCc2ccccc2)c2ncn([C@@H]3O[C@H](COP(=O)(O)CP(=O)(O)O)[C@@H](O)[C@H]3O)c2n1. The number of rotatable bonds is 11. The molecule has 1 aromatic carbocycles. The number of anilines is 1. The Hall–Kier alpha value is -2.30. The molecule has 0 bridgehead atoms. The number of nitrogens with zero attached hydrogens (tertiary/aromatic N) is 4. The molecule has 16 nitrogen and oxygen atoms in total. The molecule has 4 rings (SSSR count). The Morgan fingerprint density at radius 3 is 2.40 bits per heavy atom. The number of ether oxygens (including phenoxy) is 1. The van der Waals surface area contributed by atoms with Crippen molar-refractivity contribution in [2.45, 2.75) is 55.3 Å². The number of aliphatic hydroxyl groups excluding tert-OH is 2. The Kier molecular flexibility index (Phi) is 8.83. The van der Waals surface area contributed by atoms with Gasteiger partial charge in [-0.25, -0.2) is 13.4 Å². The average molecular weight is 622 g/mol. The fourth-order valence-corrected chi connectivity index (χ4v) is 7.31. The van der Waals surface area contributed by atoms with Crippen LogP contribution in [0.5, 0.6) is 0 Å². The summed E-state index contributed by atoms with van der Waals surface area (Å²) >= 11 is 0. The molecule has 1 unspecified atom stereocenters. The van der Waals surface area contributed by atoms with Crippen LogP contribution in [0.1, 0.15) is 25.6 Å². The van der Waals surface area contributed by atoms with Crippen molar-refractivity contribution in [2.75, 3.05) is 17.8 Å². The maximum Gasteiger partial charge on any atom is 0.340 e. The predicted octanol–water partition coefficient (Wildman–Crippen LogP) is 0.577. The number of sulfone groups is 1. The van der Waals surface area contributed by atoms with Crippen LogP contribution in [0, 0.1) is 0 Å². The van der Waals surface area contributed by atoms with Crippen LogP contribution in [0.15, 0.2) is 41.8 Å². The van der Waals surface area contributed by atoms with Gasteiger partial charge in [-0.15, -0.1) is 0 Å². The lowest BCUT2D eigenvalue weighted by atomic mass is 10.1. The minimum atomic E-state index is -4.88. The first-order chi connectivity index (χ1) is 18.6. The molecule has 0 amide bonds. The normalized spacial score (nSPS) is 23.5. The van der Waals surface area contributed by atoms with E-state index >= 15 is 0 Å².